The zero-order valence-electron chi connectivity index (χ0n) is 26.6. The van der Waals surface area contributed by atoms with Gasteiger partial charge in [-0.25, -0.2) is 14.2 Å². The van der Waals surface area contributed by atoms with Crippen LogP contribution in [0.5, 0.6) is 5.75 Å². The minimum absolute atomic E-state index is 0.0351. The molecule has 1 aromatic heterocycles. The lowest BCUT2D eigenvalue weighted by Crippen LogP contribution is -2.60. The highest BCUT2D eigenvalue weighted by molar-refractivity contribution is 6.01. The molecule has 6 aliphatic rings. The number of alkyl carbamates (subject to hydrolysis) is 1. The van der Waals surface area contributed by atoms with Gasteiger partial charge in [0.25, 0.3) is 5.91 Å². The van der Waals surface area contributed by atoms with E-state index in [0.29, 0.717) is 18.6 Å². The number of likely N-dealkylation sites (tertiary alicyclic amines) is 2. The summed E-state index contributed by atoms with van der Waals surface area (Å²) in [5, 5.41) is 15.7. The summed E-state index contributed by atoms with van der Waals surface area (Å²) in [5.74, 6) is -1.74. The molecule has 3 aliphatic heterocycles. The van der Waals surface area contributed by atoms with Crippen molar-refractivity contribution in [1.82, 2.24) is 20.1 Å². The first-order chi connectivity index (χ1) is 21.7. The van der Waals surface area contributed by atoms with Crippen molar-refractivity contribution in [2.75, 3.05) is 25.0 Å². The number of rotatable bonds is 5. The number of carbonyl (C=O) groups excluding carboxylic acids is 4. The van der Waals surface area contributed by atoms with Crippen molar-refractivity contribution >= 4 is 29.6 Å². The molecule has 7 rings (SSSR count). The number of aromatic nitrogens is 1. The summed E-state index contributed by atoms with van der Waals surface area (Å²) in [6.07, 6.45) is 2.65. The zero-order valence-corrected chi connectivity index (χ0v) is 26.6. The van der Waals surface area contributed by atoms with Crippen molar-refractivity contribution in [3.63, 3.8) is 0 Å². The molecule has 2 bridgehead atoms. The van der Waals surface area contributed by atoms with Crippen molar-refractivity contribution < 1.29 is 33.0 Å². The van der Waals surface area contributed by atoms with Crippen LogP contribution >= 0.6 is 0 Å². The fraction of sp³-hybridized carbons (Fsp3) is 0.697. The lowest BCUT2D eigenvalue weighted by molar-refractivity contribution is -0.149. The maximum absolute atomic E-state index is 15.3. The van der Waals surface area contributed by atoms with Gasteiger partial charge in [-0.05, 0) is 66.9 Å². The van der Waals surface area contributed by atoms with Crippen LogP contribution in [-0.4, -0.2) is 88.2 Å². The van der Waals surface area contributed by atoms with Crippen LogP contribution in [0.4, 0.5) is 15.0 Å². The normalized spacial score (nSPS) is 35.5. The number of nitrogens with zero attached hydrogens (tertiary/aromatic N) is 4. The van der Waals surface area contributed by atoms with E-state index in [1.165, 1.54) is 16.0 Å². The van der Waals surface area contributed by atoms with Crippen molar-refractivity contribution in [2.45, 2.75) is 89.7 Å². The van der Waals surface area contributed by atoms with E-state index in [2.05, 4.69) is 21.7 Å². The lowest BCUT2D eigenvalue weighted by atomic mass is 9.77. The van der Waals surface area contributed by atoms with Crippen LogP contribution in [0.3, 0.4) is 0 Å². The Bertz CT molecular complexity index is 1520. The van der Waals surface area contributed by atoms with Gasteiger partial charge in [0.05, 0.1) is 19.2 Å². The van der Waals surface area contributed by atoms with E-state index in [9.17, 15) is 24.4 Å². The number of hydrogen-bond donors (Lipinski definition) is 2. The van der Waals surface area contributed by atoms with E-state index in [-0.39, 0.29) is 49.2 Å². The fourth-order valence-corrected chi connectivity index (χ4v) is 8.49. The number of hydrogen-bond acceptors (Lipinski definition) is 8. The number of fused-ring (bicyclic) bond motifs is 6. The van der Waals surface area contributed by atoms with Gasteiger partial charge >= 0.3 is 6.09 Å². The van der Waals surface area contributed by atoms with E-state index in [1.807, 2.05) is 27.7 Å². The molecule has 246 valence electrons. The minimum atomic E-state index is -1.52. The van der Waals surface area contributed by atoms with Crippen LogP contribution in [0.2, 0.25) is 0 Å². The quantitative estimate of drug-likeness (QED) is 0.500. The highest BCUT2D eigenvalue weighted by Crippen LogP contribution is 2.59. The van der Waals surface area contributed by atoms with Crippen molar-refractivity contribution in [3.05, 3.63) is 18.3 Å². The van der Waals surface area contributed by atoms with Gasteiger partial charge in [0.1, 0.15) is 24.3 Å². The van der Waals surface area contributed by atoms with Gasteiger partial charge in [-0.1, -0.05) is 27.7 Å². The third-order valence-corrected chi connectivity index (χ3v) is 11.3. The number of halogens is 1. The second-order valence-corrected chi connectivity index (χ2v) is 15.6. The van der Waals surface area contributed by atoms with Crippen molar-refractivity contribution in [1.29, 1.82) is 5.26 Å². The van der Waals surface area contributed by atoms with E-state index in [4.69, 9.17) is 9.47 Å². The number of amides is 4. The Morgan fingerprint density at radius 1 is 1.26 bits per heavy atom. The molecule has 2 N–H and O–H groups in total. The molecule has 9 unspecified atom stereocenters. The molecule has 2 saturated heterocycles. The number of carbonyl (C=O) groups is 4. The van der Waals surface area contributed by atoms with Gasteiger partial charge in [-0.3, -0.25) is 14.4 Å². The van der Waals surface area contributed by atoms with E-state index < -0.39 is 71.0 Å². The predicted octanol–water partition coefficient (Wildman–Crippen LogP) is 3.04. The van der Waals surface area contributed by atoms with E-state index >= 15 is 4.39 Å². The maximum Gasteiger partial charge on any atom is 0.407 e. The van der Waals surface area contributed by atoms with Gasteiger partial charge in [-0.15, -0.1) is 0 Å². The number of anilines is 1. The molecule has 0 aromatic carbocycles. The number of nitrogens with one attached hydrogen (secondary N) is 2. The van der Waals surface area contributed by atoms with Crippen LogP contribution in [0.1, 0.15) is 59.8 Å². The Labute approximate surface area is 267 Å². The van der Waals surface area contributed by atoms with Crippen LogP contribution < -0.4 is 15.4 Å². The monoisotopic (exact) mass is 636 g/mol. The standard InChI is InChI=1S/C33H41FN6O6/c1-31(2,3)25(37-30(44)45-16-32(4)7-8-32)28(42)39-14-20-17-10-19(21(34)11-17)23(20)24(39)27(41)40-15-33(12-18(40)13-35)29(43)38-26-22(46-33)6-5-9-36-26/h5-6,9,17-21,23-25H,7-8,10-12,14-16H2,1-4H3,(H,37,44)(H,36,38,43). The largest absolute Gasteiger partial charge is 0.472 e. The molecule has 0 radical (unpaired) electrons. The van der Waals surface area contributed by atoms with Gasteiger partial charge in [0, 0.05) is 24.6 Å². The Kier molecular flexibility index (Phi) is 7.03. The fourth-order valence-electron chi connectivity index (χ4n) is 8.49. The summed E-state index contributed by atoms with van der Waals surface area (Å²) in [7, 11) is 0. The Morgan fingerprint density at radius 2 is 2.02 bits per heavy atom. The van der Waals surface area contributed by atoms with Gasteiger partial charge in [0.2, 0.25) is 17.4 Å². The van der Waals surface area contributed by atoms with Crippen LogP contribution in [0.15, 0.2) is 18.3 Å². The Hall–Kier alpha value is -3.95. The first-order valence-electron chi connectivity index (χ1n) is 16.3. The van der Waals surface area contributed by atoms with Crippen LogP contribution in [0.25, 0.3) is 0 Å². The molecule has 3 saturated carbocycles. The second kappa shape index (κ2) is 10.5. The molecule has 3 aliphatic carbocycles. The Balaban J connectivity index is 1.18. The molecule has 4 heterocycles. The molecule has 13 heteroatoms. The number of nitriles is 1. The SMILES string of the molecule is CC1(COC(=O)NC(C(=O)N2CC3C4CC(F)C(C4)C3C2C(=O)N2CC3(CC2C#N)Oc2cccnc2NC3=O)C(C)(C)C)CC1. The predicted molar refractivity (Wildman–Crippen MR) is 161 cm³/mol. The van der Waals surface area contributed by atoms with E-state index in [0.717, 1.165) is 12.8 Å². The van der Waals surface area contributed by atoms with Gasteiger partial charge < -0.3 is 29.9 Å². The molecule has 1 spiro atoms. The van der Waals surface area contributed by atoms with Crippen molar-refractivity contribution in [3.8, 4) is 11.8 Å². The molecular formula is C33H41FN6O6. The first-order valence-corrected chi connectivity index (χ1v) is 16.3. The van der Waals surface area contributed by atoms with E-state index in [1.54, 1.807) is 12.1 Å². The molecule has 9 atom stereocenters. The Morgan fingerprint density at radius 3 is 2.72 bits per heavy atom. The highest BCUT2D eigenvalue weighted by atomic mass is 19.1. The molecule has 5 fully saturated rings. The lowest BCUT2D eigenvalue weighted by Gasteiger charge is -2.38. The highest BCUT2D eigenvalue weighted by Gasteiger charge is 2.65. The summed E-state index contributed by atoms with van der Waals surface area (Å²) >= 11 is 0. The third kappa shape index (κ3) is 4.95. The van der Waals surface area contributed by atoms with Crippen LogP contribution in [-0.2, 0) is 19.1 Å². The zero-order chi connectivity index (χ0) is 32.8. The minimum Gasteiger partial charge on any atom is -0.472 e. The summed E-state index contributed by atoms with van der Waals surface area (Å²) in [6.45, 7) is 7.81. The number of ether oxygens (including phenoxy) is 2. The summed E-state index contributed by atoms with van der Waals surface area (Å²) in [6, 6.07) is 2.40. The topological polar surface area (TPSA) is 154 Å². The van der Waals surface area contributed by atoms with Crippen LogP contribution in [0, 0.1) is 45.8 Å². The molecule has 1 aromatic rings. The number of pyridine rings is 1. The maximum atomic E-state index is 15.3. The second-order valence-electron chi connectivity index (χ2n) is 15.6. The molecule has 12 nitrogen and oxygen atoms in total. The van der Waals surface area contributed by atoms with Gasteiger partial charge in [0.15, 0.2) is 11.6 Å². The average molecular weight is 637 g/mol. The van der Waals surface area contributed by atoms with Crippen molar-refractivity contribution in [2.24, 2.45) is 34.5 Å². The van der Waals surface area contributed by atoms with Gasteiger partial charge in [-0.2, -0.15) is 5.26 Å². The average Bonchev–Trinajstić information content (AvgIpc) is 3.35. The summed E-state index contributed by atoms with van der Waals surface area (Å²) < 4.78 is 26.9. The smallest absolute Gasteiger partial charge is 0.407 e. The summed E-state index contributed by atoms with van der Waals surface area (Å²) in [4.78, 5) is 62.4. The molecule has 4 amide bonds. The molecule has 46 heavy (non-hydrogen) atoms. The number of alkyl halides is 1. The first kappa shape index (κ1) is 30.7. The summed E-state index contributed by atoms with van der Waals surface area (Å²) in [5.41, 5.74) is -2.30. The molecular weight excluding hydrogens is 595 g/mol. The third-order valence-electron chi connectivity index (χ3n) is 11.3.